The van der Waals surface area contributed by atoms with E-state index in [9.17, 15) is 4.79 Å². The number of nitrogens with zero attached hydrogens (tertiary/aromatic N) is 3. The Kier molecular flexibility index (Phi) is 6.82. The monoisotopic (exact) mass is 433 g/mol. The van der Waals surface area contributed by atoms with Gasteiger partial charge in [0.2, 0.25) is 0 Å². The van der Waals surface area contributed by atoms with Gasteiger partial charge in [-0.2, -0.15) is 0 Å². The van der Waals surface area contributed by atoms with E-state index in [0.29, 0.717) is 36.4 Å². The molecule has 0 unspecified atom stereocenters. The zero-order chi connectivity index (χ0) is 18.4. The van der Waals surface area contributed by atoms with Crippen LogP contribution < -0.4 is 5.56 Å². The van der Waals surface area contributed by atoms with E-state index in [-0.39, 0.29) is 5.56 Å². The molecule has 136 valence electrons. The number of hydrogen-bond acceptors (Lipinski definition) is 5. The van der Waals surface area contributed by atoms with Crippen LogP contribution >= 0.6 is 27.7 Å². The molecule has 0 fully saturated rings. The van der Waals surface area contributed by atoms with Gasteiger partial charge in [-0.1, -0.05) is 33.8 Å². The van der Waals surface area contributed by atoms with Crippen molar-refractivity contribution < 1.29 is 4.74 Å². The van der Waals surface area contributed by atoms with Crippen LogP contribution in [0.4, 0.5) is 0 Å². The van der Waals surface area contributed by atoms with Crippen LogP contribution in [0, 0.1) is 0 Å². The van der Waals surface area contributed by atoms with E-state index in [1.165, 1.54) is 0 Å². The van der Waals surface area contributed by atoms with Gasteiger partial charge in [0.15, 0.2) is 5.16 Å². The Balaban J connectivity index is 1.92. The highest BCUT2D eigenvalue weighted by Gasteiger charge is 2.12. The minimum atomic E-state index is -0.0125. The zero-order valence-electron chi connectivity index (χ0n) is 14.5. The third-order valence-corrected chi connectivity index (χ3v) is 5.39. The Labute approximate surface area is 164 Å². The smallest absolute Gasteiger partial charge is 0.262 e. The van der Waals surface area contributed by atoms with Crippen LogP contribution in [0.5, 0.6) is 0 Å². The average Bonchev–Trinajstić information content (AvgIpc) is 2.66. The first-order valence-corrected chi connectivity index (χ1v) is 10.3. The molecule has 0 aliphatic carbocycles. The van der Waals surface area contributed by atoms with E-state index in [0.717, 1.165) is 21.6 Å². The standard InChI is InChI=1S/C19H20BrN3O2S/c1-2-25-10-4-9-23-18(24)16-11-15(20)6-7-17(16)22-19(23)26-13-14-5-3-8-21-12-14/h3,5-8,11-12H,2,4,9-10,13H2,1H3. The van der Waals surface area contributed by atoms with Crippen LogP contribution in [0.2, 0.25) is 0 Å². The van der Waals surface area contributed by atoms with E-state index in [1.807, 2.05) is 43.5 Å². The molecular formula is C19H20BrN3O2S. The third-order valence-electron chi connectivity index (χ3n) is 3.85. The van der Waals surface area contributed by atoms with Crippen molar-refractivity contribution in [1.29, 1.82) is 0 Å². The summed E-state index contributed by atoms with van der Waals surface area (Å²) in [6.07, 6.45) is 4.36. The molecule has 7 heteroatoms. The van der Waals surface area contributed by atoms with Gasteiger partial charge in [-0.05, 0) is 43.2 Å². The average molecular weight is 434 g/mol. The predicted octanol–water partition coefficient (Wildman–Crippen LogP) is 4.27. The molecule has 0 radical (unpaired) electrons. The van der Waals surface area contributed by atoms with Crippen molar-refractivity contribution in [2.45, 2.75) is 30.8 Å². The molecule has 0 aliphatic rings. The zero-order valence-corrected chi connectivity index (χ0v) is 16.9. The summed E-state index contributed by atoms with van der Waals surface area (Å²) in [4.78, 5) is 21.9. The highest BCUT2D eigenvalue weighted by atomic mass is 79.9. The molecule has 0 aliphatic heterocycles. The summed E-state index contributed by atoms with van der Waals surface area (Å²) in [5.74, 6) is 0.716. The van der Waals surface area contributed by atoms with Gasteiger partial charge >= 0.3 is 0 Å². The molecule has 0 bridgehead atoms. The Bertz CT molecular complexity index is 931. The third kappa shape index (κ3) is 4.72. The van der Waals surface area contributed by atoms with Gasteiger partial charge in [-0.25, -0.2) is 4.98 Å². The van der Waals surface area contributed by atoms with Crippen molar-refractivity contribution in [1.82, 2.24) is 14.5 Å². The van der Waals surface area contributed by atoms with Crippen LogP contribution in [0.25, 0.3) is 10.9 Å². The number of halogens is 1. The number of rotatable bonds is 8. The van der Waals surface area contributed by atoms with Crippen LogP contribution in [0.3, 0.4) is 0 Å². The number of aromatic nitrogens is 3. The summed E-state index contributed by atoms with van der Waals surface area (Å²) < 4.78 is 8.05. The second kappa shape index (κ2) is 9.30. The summed E-state index contributed by atoms with van der Waals surface area (Å²) in [7, 11) is 0. The largest absolute Gasteiger partial charge is 0.382 e. The lowest BCUT2D eigenvalue weighted by Crippen LogP contribution is -2.24. The normalized spacial score (nSPS) is 11.2. The molecule has 3 rings (SSSR count). The number of benzene rings is 1. The Morgan fingerprint density at radius 2 is 2.19 bits per heavy atom. The fourth-order valence-corrected chi connectivity index (χ4v) is 3.90. The minimum absolute atomic E-state index is 0.0125. The lowest BCUT2D eigenvalue weighted by molar-refractivity contribution is 0.140. The summed E-state index contributed by atoms with van der Waals surface area (Å²) in [6, 6.07) is 9.55. The summed E-state index contributed by atoms with van der Waals surface area (Å²) in [6.45, 7) is 3.87. The number of pyridine rings is 1. The van der Waals surface area contributed by atoms with E-state index >= 15 is 0 Å². The van der Waals surface area contributed by atoms with Gasteiger partial charge in [0.1, 0.15) is 0 Å². The SMILES string of the molecule is CCOCCCn1c(SCc2cccnc2)nc2ccc(Br)cc2c1=O. The predicted molar refractivity (Wildman–Crippen MR) is 109 cm³/mol. The summed E-state index contributed by atoms with van der Waals surface area (Å²) >= 11 is 4.99. The molecule has 0 atom stereocenters. The molecule has 1 aromatic carbocycles. The van der Waals surface area contributed by atoms with Crippen molar-refractivity contribution >= 4 is 38.6 Å². The van der Waals surface area contributed by atoms with Crippen molar-refractivity contribution in [3.8, 4) is 0 Å². The van der Waals surface area contributed by atoms with Gasteiger partial charge in [-0.3, -0.25) is 14.3 Å². The second-order valence-corrected chi connectivity index (χ2v) is 7.57. The summed E-state index contributed by atoms with van der Waals surface area (Å²) in [5.41, 5.74) is 1.80. The van der Waals surface area contributed by atoms with Crippen molar-refractivity contribution in [3.63, 3.8) is 0 Å². The first-order valence-electron chi connectivity index (χ1n) is 8.48. The maximum absolute atomic E-state index is 13.0. The van der Waals surface area contributed by atoms with Crippen LogP contribution in [-0.2, 0) is 17.0 Å². The summed E-state index contributed by atoms with van der Waals surface area (Å²) in [5, 5.41) is 1.35. The lowest BCUT2D eigenvalue weighted by Gasteiger charge is -2.13. The van der Waals surface area contributed by atoms with E-state index in [4.69, 9.17) is 9.72 Å². The van der Waals surface area contributed by atoms with Gasteiger partial charge in [0.25, 0.3) is 5.56 Å². The Morgan fingerprint density at radius 1 is 1.31 bits per heavy atom. The van der Waals surface area contributed by atoms with Crippen molar-refractivity contribution in [2.24, 2.45) is 0 Å². The maximum Gasteiger partial charge on any atom is 0.262 e. The van der Waals surface area contributed by atoms with Gasteiger partial charge in [0.05, 0.1) is 10.9 Å². The minimum Gasteiger partial charge on any atom is -0.382 e. The molecule has 5 nitrogen and oxygen atoms in total. The number of ether oxygens (including phenoxy) is 1. The quantitative estimate of drug-likeness (QED) is 0.301. The molecule has 0 saturated carbocycles. The highest BCUT2D eigenvalue weighted by molar-refractivity contribution is 9.10. The van der Waals surface area contributed by atoms with Gasteiger partial charge in [-0.15, -0.1) is 0 Å². The highest BCUT2D eigenvalue weighted by Crippen LogP contribution is 2.23. The van der Waals surface area contributed by atoms with Gasteiger partial charge in [0, 0.05) is 42.4 Å². The fourth-order valence-electron chi connectivity index (χ4n) is 2.58. The maximum atomic E-state index is 13.0. The lowest BCUT2D eigenvalue weighted by atomic mass is 10.2. The molecule has 0 saturated heterocycles. The molecule has 0 amide bonds. The topological polar surface area (TPSA) is 57.0 Å². The first kappa shape index (κ1) is 19.1. The first-order chi connectivity index (χ1) is 12.7. The van der Waals surface area contributed by atoms with E-state index in [2.05, 4.69) is 20.9 Å². The number of fused-ring (bicyclic) bond motifs is 1. The number of thioether (sulfide) groups is 1. The van der Waals surface area contributed by atoms with Crippen LogP contribution in [0.15, 0.2) is 57.1 Å². The van der Waals surface area contributed by atoms with Crippen LogP contribution in [-0.4, -0.2) is 27.7 Å². The molecule has 3 aromatic rings. The van der Waals surface area contributed by atoms with Crippen molar-refractivity contribution in [3.05, 3.63) is 63.1 Å². The van der Waals surface area contributed by atoms with Gasteiger partial charge < -0.3 is 4.74 Å². The van der Waals surface area contributed by atoms with E-state index in [1.54, 1.807) is 22.5 Å². The van der Waals surface area contributed by atoms with Crippen molar-refractivity contribution in [2.75, 3.05) is 13.2 Å². The fraction of sp³-hybridized carbons (Fsp3) is 0.316. The molecule has 0 N–H and O–H groups in total. The molecule has 2 heterocycles. The number of hydrogen-bond donors (Lipinski definition) is 0. The molecule has 26 heavy (non-hydrogen) atoms. The molecule has 2 aromatic heterocycles. The second-order valence-electron chi connectivity index (χ2n) is 5.71. The van der Waals surface area contributed by atoms with E-state index < -0.39 is 0 Å². The molecule has 0 spiro atoms. The van der Waals surface area contributed by atoms with Crippen LogP contribution in [0.1, 0.15) is 18.9 Å². The Hall–Kier alpha value is -1.70. The Morgan fingerprint density at radius 3 is 2.96 bits per heavy atom. The molecular weight excluding hydrogens is 414 g/mol.